The average molecular weight is 324 g/mol. The van der Waals surface area contributed by atoms with Crippen LogP contribution in [0.1, 0.15) is 23.2 Å². The molecule has 0 saturated carbocycles. The highest BCUT2D eigenvalue weighted by Crippen LogP contribution is 2.23. The molecule has 122 valence electrons. The Morgan fingerprint density at radius 2 is 2.08 bits per heavy atom. The van der Waals surface area contributed by atoms with Gasteiger partial charge in [0.2, 0.25) is 0 Å². The second kappa shape index (κ2) is 6.59. The second-order valence-corrected chi connectivity index (χ2v) is 5.28. The zero-order valence-corrected chi connectivity index (χ0v) is 13.0. The molecule has 1 aliphatic heterocycles. The van der Waals surface area contributed by atoms with Gasteiger partial charge < -0.3 is 10.2 Å². The van der Waals surface area contributed by atoms with Gasteiger partial charge in [-0.1, -0.05) is 18.2 Å². The third kappa shape index (κ3) is 3.02. The van der Waals surface area contributed by atoms with Crippen LogP contribution in [0.15, 0.2) is 46.6 Å². The van der Waals surface area contributed by atoms with E-state index in [0.29, 0.717) is 28.3 Å². The molecule has 0 atom stereocenters. The zero-order chi connectivity index (χ0) is 17.1. The summed E-state index contributed by atoms with van der Waals surface area (Å²) in [6, 6.07) is 9.08. The highest BCUT2D eigenvalue weighted by Gasteiger charge is 2.24. The number of hydrogen-bond donors (Lipinski definition) is 2. The number of rotatable bonds is 3. The van der Waals surface area contributed by atoms with Gasteiger partial charge in [-0.3, -0.25) is 9.78 Å². The fourth-order valence-corrected chi connectivity index (χ4v) is 2.32. The van der Waals surface area contributed by atoms with Crippen molar-refractivity contribution < 1.29 is 15.0 Å². The number of amides is 1. The maximum atomic E-state index is 12.1. The van der Waals surface area contributed by atoms with Crippen LogP contribution in [0.2, 0.25) is 0 Å². The molecule has 0 fully saturated rings. The molecule has 1 aromatic heterocycles. The van der Waals surface area contributed by atoms with E-state index in [9.17, 15) is 15.0 Å². The summed E-state index contributed by atoms with van der Waals surface area (Å²) in [6.45, 7) is 1.38. The van der Waals surface area contributed by atoms with Crippen molar-refractivity contribution in [3.8, 4) is 5.75 Å². The molecule has 0 unspecified atom stereocenters. The molecule has 1 amide bonds. The number of anilines is 1. The lowest BCUT2D eigenvalue weighted by molar-refractivity contribution is -0.116. The lowest BCUT2D eigenvalue weighted by Gasteiger charge is -2.10. The van der Waals surface area contributed by atoms with E-state index in [2.05, 4.69) is 15.1 Å². The first-order chi connectivity index (χ1) is 11.6. The summed E-state index contributed by atoms with van der Waals surface area (Å²) in [5, 5.41) is 24.9. The number of amidine groups is 1. The number of aromatic nitrogens is 1. The second-order valence-electron chi connectivity index (χ2n) is 5.28. The summed E-state index contributed by atoms with van der Waals surface area (Å²) in [5.74, 6) is 0.114. The van der Waals surface area contributed by atoms with Gasteiger partial charge >= 0.3 is 0 Å². The molecule has 0 radical (unpaired) electrons. The van der Waals surface area contributed by atoms with Crippen molar-refractivity contribution in [1.29, 1.82) is 0 Å². The van der Waals surface area contributed by atoms with Crippen LogP contribution in [0, 0.1) is 6.92 Å². The van der Waals surface area contributed by atoms with Gasteiger partial charge in [-0.15, -0.1) is 5.10 Å². The molecule has 2 heterocycles. The Hall–Kier alpha value is -3.06. The SMILES string of the molecule is Cc1ncc(CO)c(C=NC2=NN(c3ccccc3)C(=O)C2)c1O. The number of aliphatic hydroxyl groups excluding tert-OH is 1. The van der Waals surface area contributed by atoms with Crippen molar-refractivity contribution in [3.63, 3.8) is 0 Å². The molecule has 3 rings (SSSR count). The Morgan fingerprint density at radius 1 is 1.33 bits per heavy atom. The molecule has 7 nitrogen and oxygen atoms in total. The number of aliphatic imine (C=N–C) groups is 1. The van der Waals surface area contributed by atoms with Crippen LogP contribution in [-0.2, 0) is 11.4 Å². The van der Waals surface area contributed by atoms with Crippen LogP contribution in [0.25, 0.3) is 0 Å². The van der Waals surface area contributed by atoms with Gasteiger partial charge in [0.1, 0.15) is 5.75 Å². The molecule has 7 heteroatoms. The lowest BCUT2D eigenvalue weighted by Crippen LogP contribution is -2.19. The van der Waals surface area contributed by atoms with Gasteiger partial charge in [0.25, 0.3) is 5.91 Å². The first-order valence-electron chi connectivity index (χ1n) is 7.38. The van der Waals surface area contributed by atoms with Gasteiger partial charge in [-0.05, 0) is 19.1 Å². The molecule has 0 spiro atoms. The van der Waals surface area contributed by atoms with E-state index in [1.807, 2.05) is 18.2 Å². The summed E-state index contributed by atoms with van der Waals surface area (Å²) in [5.41, 5.74) is 1.93. The number of aromatic hydroxyl groups is 1. The summed E-state index contributed by atoms with van der Waals surface area (Å²) < 4.78 is 0. The molecule has 2 aromatic rings. The molecular formula is C17H16N4O3. The molecular weight excluding hydrogens is 308 g/mol. The van der Waals surface area contributed by atoms with Crippen molar-refractivity contribution in [1.82, 2.24) is 4.98 Å². The van der Waals surface area contributed by atoms with Crippen LogP contribution < -0.4 is 5.01 Å². The van der Waals surface area contributed by atoms with Crippen LogP contribution in [0.4, 0.5) is 5.69 Å². The number of pyridine rings is 1. The number of aliphatic hydroxyl groups is 1. The maximum absolute atomic E-state index is 12.1. The van der Waals surface area contributed by atoms with E-state index in [1.54, 1.807) is 19.1 Å². The van der Waals surface area contributed by atoms with E-state index in [0.717, 1.165) is 0 Å². The smallest absolute Gasteiger partial charge is 0.255 e. The van der Waals surface area contributed by atoms with Gasteiger partial charge in [0.05, 0.1) is 24.4 Å². The fraction of sp³-hybridized carbons (Fsp3) is 0.176. The predicted octanol–water partition coefficient (Wildman–Crippen LogP) is 1.76. The normalized spacial score (nSPS) is 14.5. The molecule has 1 aliphatic rings. The summed E-state index contributed by atoms with van der Waals surface area (Å²) >= 11 is 0. The summed E-state index contributed by atoms with van der Waals surface area (Å²) in [4.78, 5) is 20.3. The number of hydrogen-bond acceptors (Lipinski definition) is 6. The van der Waals surface area contributed by atoms with Crippen molar-refractivity contribution >= 4 is 23.6 Å². The number of carbonyl (C=O) groups is 1. The Kier molecular flexibility index (Phi) is 4.35. The molecule has 0 bridgehead atoms. The van der Waals surface area contributed by atoms with Crippen molar-refractivity contribution in [2.24, 2.45) is 10.1 Å². The van der Waals surface area contributed by atoms with Crippen LogP contribution in [0.5, 0.6) is 5.75 Å². The van der Waals surface area contributed by atoms with Gasteiger partial charge in [-0.2, -0.15) is 5.01 Å². The maximum Gasteiger partial charge on any atom is 0.255 e. The van der Waals surface area contributed by atoms with E-state index < -0.39 is 0 Å². The van der Waals surface area contributed by atoms with E-state index in [-0.39, 0.29) is 24.7 Å². The van der Waals surface area contributed by atoms with Crippen molar-refractivity contribution in [2.45, 2.75) is 20.0 Å². The number of benzene rings is 1. The molecule has 0 aliphatic carbocycles. The number of aryl methyl sites for hydroxylation is 1. The minimum Gasteiger partial charge on any atom is -0.505 e. The Morgan fingerprint density at radius 3 is 2.79 bits per heavy atom. The predicted molar refractivity (Wildman–Crippen MR) is 90.1 cm³/mol. The quantitative estimate of drug-likeness (QED) is 0.840. The molecule has 1 aromatic carbocycles. The van der Waals surface area contributed by atoms with Crippen molar-refractivity contribution in [2.75, 3.05) is 5.01 Å². The molecule has 0 saturated heterocycles. The first-order valence-corrected chi connectivity index (χ1v) is 7.38. The molecule has 2 N–H and O–H groups in total. The van der Waals surface area contributed by atoms with Crippen molar-refractivity contribution in [3.05, 3.63) is 53.3 Å². The Balaban J connectivity index is 1.88. The van der Waals surface area contributed by atoms with E-state index in [1.165, 1.54) is 17.4 Å². The van der Waals surface area contributed by atoms with Crippen LogP contribution >= 0.6 is 0 Å². The number of nitrogens with zero attached hydrogens (tertiary/aromatic N) is 4. The summed E-state index contributed by atoms with van der Waals surface area (Å²) in [6.07, 6.45) is 2.95. The van der Waals surface area contributed by atoms with Crippen LogP contribution in [-0.4, -0.2) is 33.2 Å². The average Bonchev–Trinajstić information content (AvgIpc) is 2.97. The lowest BCUT2D eigenvalue weighted by atomic mass is 10.1. The standard InChI is InChI=1S/C17H16N4O3/c1-11-17(24)14(12(10-22)8-18-11)9-19-15-7-16(23)21(20-15)13-5-3-2-4-6-13/h2-6,8-9,22,24H,7,10H2,1H3. The summed E-state index contributed by atoms with van der Waals surface area (Å²) in [7, 11) is 0. The van der Waals surface area contributed by atoms with Gasteiger partial charge in [0.15, 0.2) is 5.84 Å². The Labute approximate surface area is 138 Å². The van der Waals surface area contributed by atoms with E-state index >= 15 is 0 Å². The number of hydrazone groups is 1. The van der Waals surface area contributed by atoms with Crippen LogP contribution in [0.3, 0.4) is 0 Å². The van der Waals surface area contributed by atoms with Gasteiger partial charge in [0, 0.05) is 23.5 Å². The third-order valence-electron chi connectivity index (χ3n) is 3.63. The highest BCUT2D eigenvalue weighted by molar-refractivity contribution is 6.14. The van der Waals surface area contributed by atoms with E-state index in [4.69, 9.17) is 0 Å². The minimum atomic E-state index is -0.274. The zero-order valence-electron chi connectivity index (χ0n) is 13.0. The Bertz CT molecular complexity index is 831. The monoisotopic (exact) mass is 324 g/mol. The topological polar surface area (TPSA) is 98.4 Å². The third-order valence-corrected chi connectivity index (χ3v) is 3.63. The highest BCUT2D eigenvalue weighted by atomic mass is 16.3. The fourth-order valence-electron chi connectivity index (χ4n) is 2.32. The molecule has 24 heavy (non-hydrogen) atoms. The van der Waals surface area contributed by atoms with Gasteiger partial charge in [-0.25, -0.2) is 4.99 Å². The largest absolute Gasteiger partial charge is 0.505 e. The minimum absolute atomic E-state index is 0.0462. The number of para-hydroxylation sites is 1. The first kappa shape index (κ1) is 15.8. The number of carbonyl (C=O) groups excluding carboxylic acids is 1.